The molecule has 7 heteroatoms. The average Bonchev–Trinajstić information content (AvgIpc) is 2.50. The van der Waals surface area contributed by atoms with E-state index in [1.54, 1.807) is 6.92 Å². The fraction of sp³-hybridized carbons (Fsp3) is 0.857. The highest BCUT2D eigenvalue weighted by Gasteiger charge is 2.44. The van der Waals surface area contributed by atoms with Gasteiger partial charge in [0.1, 0.15) is 0 Å². The second-order valence-corrected chi connectivity index (χ2v) is 5.53. The second-order valence-electron chi connectivity index (χ2n) is 3.66. The van der Waals surface area contributed by atoms with E-state index in [0.717, 1.165) is 4.31 Å². The third kappa shape index (κ3) is 1.89. The molecule has 0 aromatic rings. The predicted molar refractivity (Wildman–Crippen MR) is 49.9 cm³/mol. The van der Waals surface area contributed by atoms with Crippen LogP contribution in [0.25, 0.3) is 0 Å². The lowest BCUT2D eigenvalue weighted by Gasteiger charge is -2.19. The van der Waals surface area contributed by atoms with Gasteiger partial charge in [-0.3, -0.25) is 4.79 Å². The summed E-state index contributed by atoms with van der Waals surface area (Å²) in [6.45, 7) is 1.85. The molecule has 1 rings (SSSR count). The van der Waals surface area contributed by atoms with Crippen molar-refractivity contribution in [2.24, 2.45) is 5.41 Å². The molecule has 1 saturated heterocycles. The van der Waals surface area contributed by atoms with Crippen molar-refractivity contribution in [3.8, 4) is 0 Å². The molecule has 0 amide bonds. The number of carbonyl (C=O) groups is 1. The summed E-state index contributed by atoms with van der Waals surface area (Å²) >= 11 is 0. The molecule has 1 atom stereocenters. The van der Waals surface area contributed by atoms with Gasteiger partial charge in [0.25, 0.3) is 10.2 Å². The molecule has 0 aromatic carbocycles. The molecule has 6 nitrogen and oxygen atoms in total. The molecule has 1 fully saturated rings. The minimum absolute atomic E-state index is 0.0332. The Bertz CT molecular complexity index is 340. The predicted octanol–water partition coefficient (Wildman–Crippen LogP) is -0.753. The summed E-state index contributed by atoms with van der Waals surface area (Å²) in [5.74, 6) is -0.952. The summed E-state index contributed by atoms with van der Waals surface area (Å²) < 4.78 is 26.0. The first-order valence-corrected chi connectivity index (χ1v) is 5.68. The SMILES string of the molecule is CNS(=O)(=O)N1CCC(C)(C(=O)O)C1. The van der Waals surface area contributed by atoms with Gasteiger partial charge in [0.2, 0.25) is 0 Å². The van der Waals surface area contributed by atoms with Crippen molar-refractivity contribution in [1.82, 2.24) is 9.03 Å². The number of hydrogen-bond donors (Lipinski definition) is 2. The maximum absolute atomic E-state index is 11.3. The zero-order valence-corrected chi connectivity index (χ0v) is 8.97. The van der Waals surface area contributed by atoms with Gasteiger partial charge in [0, 0.05) is 20.1 Å². The van der Waals surface area contributed by atoms with Gasteiger partial charge in [-0.1, -0.05) is 0 Å². The van der Waals surface area contributed by atoms with Crippen LogP contribution in [0.3, 0.4) is 0 Å². The summed E-state index contributed by atoms with van der Waals surface area (Å²) in [5.41, 5.74) is -0.954. The Balaban J connectivity index is 2.81. The first kappa shape index (κ1) is 11.4. The van der Waals surface area contributed by atoms with E-state index in [1.807, 2.05) is 0 Å². The number of nitrogens with one attached hydrogen (secondary N) is 1. The number of carboxylic acid groups (broad SMARTS) is 1. The van der Waals surface area contributed by atoms with Gasteiger partial charge in [0.15, 0.2) is 0 Å². The minimum Gasteiger partial charge on any atom is -0.481 e. The second kappa shape index (κ2) is 3.48. The highest BCUT2D eigenvalue weighted by molar-refractivity contribution is 7.87. The molecule has 14 heavy (non-hydrogen) atoms. The normalized spacial score (nSPS) is 29.3. The molecule has 2 N–H and O–H groups in total. The lowest BCUT2D eigenvalue weighted by molar-refractivity contribution is -0.146. The monoisotopic (exact) mass is 222 g/mol. The van der Waals surface area contributed by atoms with Gasteiger partial charge in [-0.2, -0.15) is 12.7 Å². The van der Waals surface area contributed by atoms with E-state index in [-0.39, 0.29) is 13.1 Å². The van der Waals surface area contributed by atoms with E-state index < -0.39 is 21.6 Å². The average molecular weight is 222 g/mol. The highest BCUT2D eigenvalue weighted by Crippen LogP contribution is 2.31. The van der Waals surface area contributed by atoms with Gasteiger partial charge >= 0.3 is 5.97 Å². The summed E-state index contributed by atoms with van der Waals surface area (Å²) in [7, 11) is -2.17. The third-order valence-corrected chi connectivity index (χ3v) is 4.06. The number of carboxylic acids is 1. The van der Waals surface area contributed by atoms with Crippen molar-refractivity contribution in [1.29, 1.82) is 0 Å². The number of hydrogen-bond acceptors (Lipinski definition) is 3. The first-order chi connectivity index (χ1) is 6.32. The zero-order chi connectivity index (χ0) is 11.0. The molecule has 0 spiro atoms. The van der Waals surface area contributed by atoms with E-state index in [1.165, 1.54) is 7.05 Å². The third-order valence-electron chi connectivity index (χ3n) is 2.55. The summed E-state index contributed by atoms with van der Waals surface area (Å²) in [4.78, 5) is 10.8. The molecule has 0 bridgehead atoms. The van der Waals surface area contributed by atoms with Crippen molar-refractivity contribution in [2.45, 2.75) is 13.3 Å². The van der Waals surface area contributed by atoms with E-state index in [4.69, 9.17) is 5.11 Å². The number of rotatable bonds is 3. The Morgan fingerprint density at radius 3 is 2.50 bits per heavy atom. The molecule has 0 radical (unpaired) electrons. The van der Waals surface area contributed by atoms with E-state index in [0.29, 0.717) is 6.42 Å². The summed E-state index contributed by atoms with van der Waals surface area (Å²) in [6, 6.07) is 0. The first-order valence-electron chi connectivity index (χ1n) is 4.24. The van der Waals surface area contributed by atoms with Gasteiger partial charge in [-0.05, 0) is 13.3 Å². The number of nitrogens with zero attached hydrogens (tertiary/aromatic N) is 1. The Morgan fingerprint density at radius 2 is 2.14 bits per heavy atom. The molecule has 82 valence electrons. The van der Waals surface area contributed by atoms with Crippen LogP contribution in [0.1, 0.15) is 13.3 Å². The Labute approximate surface area is 83.1 Å². The maximum atomic E-state index is 11.3. The van der Waals surface area contributed by atoms with Crippen LogP contribution in [0.5, 0.6) is 0 Å². The highest BCUT2D eigenvalue weighted by atomic mass is 32.2. The van der Waals surface area contributed by atoms with Gasteiger partial charge in [-0.15, -0.1) is 0 Å². The molecule has 0 aliphatic carbocycles. The Hall–Kier alpha value is -0.660. The van der Waals surface area contributed by atoms with Crippen LogP contribution < -0.4 is 4.72 Å². The minimum atomic E-state index is -3.48. The lowest BCUT2D eigenvalue weighted by atomic mass is 9.90. The largest absolute Gasteiger partial charge is 0.481 e. The molecular formula is C7H14N2O4S. The quantitative estimate of drug-likeness (QED) is 0.657. The maximum Gasteiger partial charge on any atom is 0.310 e. The lowest BCUT2D eigenvalue weighted by Crippen LogP contribution is -2.40. The van der Waals surface area contributed by atoms with Crippen molar-refractivity contribution in [3.63, 3.8) is 0 Å². The fourth-order valence-corrected chi connectivity index (χ4v) is 2.47. The van der Waals surface area contributed by atoms with Crippen LogP contribution in [0.4, 0.5) is 0 Å². The molecule has 0 aromatic heterocycles. The van der Waals surface area contributed by atoms with E-state index >= 15 is 0 Å². The summed E-state index contributed by atoms with van der Waals surface area (Å²) in [6.07, 6.45) is 0.350. The molecule has 0 saturated carbocycles. The van der Waals surface area contributed by atoms with Crippen LogP contribution in [0, 0.1) is 5.41 Å². The van der Waals surface area contributed by atoms with Gasteiger partial charge in [-0.25, -0.2) is 4.72 Å². The van der Waals surface area contributed by atoms with Crippen molar-refractivity contribution >= 4 is 16.2 Å². The molecule has 1 heterocycles. The Morgan fingerprint density at radius 1 is 1.57 bits per heavy atom. The summed E-state index contributed by atoms with van der Waals surface area (Å²) in [5, 5.41) is 8.89. The van der Waals surface area contributed by atoms with Crippen molar-refractivity contribution < 1.29 is 18.3 Å². The number of aliphatic carboxylic acids is 1. The standard InChI is InChI=1S/C7H14N2O4S/c1-7(6(10)11)3-4-9(5-7)14(12,13)8-2/h8H,3-5H2,1-2H3,(H,10,11). The topological polar surface area (TPSA) is 86.7 Å². The van der Waals surface area contributed by atoms with Crippen LogP contribution >= 0.6 is 0 Å². The van der Waals surface area contributed by atoms with Crippen molar-refractivity contribution in [2.75, 3.05) is 20.1 Å². The van der Waals surface area contributed by atoms with E-state index in [9.17, 15) is 13.2 Å². The van der Waals surface area contributed by atoms with Crippen LogP contribution in [-0.4, -0.2) is 43.9 Å². The van der Waals surface area contributed by atoms with E-state index in [2.05, 4.69) is 4.72 Å². The molecule has 1 aliphatic heterocycles. The van der Waals surface area contributed by atoms with Crippen LogP contribution in [0.2, 0.25) is 0 Å². The van der Waals surface area contributed by atoms with Gasteiger partial charge < -0.3 is 5.11 Å². The molecule has 1 unspecified atom stereocenters. The zero-order valence-electron chi connectivity index (χ0n) is 8.15. The van der Waals surface area contributed by atoms with Gasteiger partial charge in [0.05, 0.1) is 5.41 Å². The fourth-order valence-electron chi connectivity index (χ4n) is 1.43. The van der Waals surface area contributed by atoms with Crippen LogP contribution in [-0.2, 0) is 15.0 Å². The van der Waals surface area contributed by atoms with Crippen LogP contribution in [0.15, 0.2) is 0 Å². The Kier molecular flexibility index (Phi) is 2.84. The molecule has 1 aliphatic rings. The molecular weight excluding hydrogens is 208 g/mol. The smallest absolute Gasteiger partial charge is 0.310 e. The van der Waals surface area contributed by atoms with Crippen molar-refractivity contribution in [3.05, 3.63) is 0 Å².